The van der Waals surface area contributed by atoms with E-state index in [0.717, 1.165) is 11.3 Å². The molecule has 0 aliphatic carbocycles. The molecule has 1 aromatic heterocycles. The average molecular weight is 311 g/mol. The maximum absolute atomic E-state index is 11.7. The zero-order valence-electron chi connectivity index (χ0n) is 10.7. The van der Waals surface area contributed by atoms with Crippen molar-refractivity contribution in [2.45, 2.75) is 6.54 Å². The summed E-state index contributed by atoms with van der Waals surface area (Å²) in [5.41, 5.74) is 0.595. The van der Waals surface area contributed by atoms with Crippen LogP contribution in [-0.2, 0) is 6.54 Å². The smallest absolute Gasteiger partial charge is 0.287 e. The van der Waals surface area contributed by atoms with Gasteiger partial charge in [0.1, 0.15) is 10.8 Å². The first-order valence-electron chi connectivity index (χ1n) is 5.83. The van der Waals surface area contributed by atoms with Crippen molar-refractivity contribution in [3.63, 3.8) is 0 Å². The van der Waals surface area contributed by atoms with Crippen molar-refractivity contribution in [3.05, 3.63) is 62.5 Å². The van der Waals surface area contributed by atoms with E-state index in [1.54, 1.807) is 7.11 Å². The van der Waals surface area contributed by atoms with Crippen molar-refractivity contribution >= 4 is 29.3 Å². The Balaban J connectivity index is 2.10. The highest BCUT2D eigenvalue weighted by molar-refractivity contribution is 6.41. The highest BCUT2D eigenvalue weighted by Gasteiger charge is 2.05. The molecule has 0 N–H and O–H groups in total. The minimum Gasteiger partial charge on any atom is -0.497 e. The molecule has 0 spiro atoms. The minimum absolute atomic E-state index is 0.0143. The van der Waals surface area contributed by atoms with Crippen LogP contribution in [0.1, 0.15) is 5.56 Å². The molecule has 1 heterocycles. The molecule has 0 atom stereocenters. The van der Waals surface area contributed by atoms with Crippen LogP contribution < -0.4 is 10.3 Å². The third-order valence-electron chi connectivity index (χ3n) is 2.65. The number of nitrogens with zero attached hydrogens (tertiary/aromatic N) is 2. The molecule has 20 heavy (non-hydrogen) atoms. The number of aromatic nitrogens is 2. The third-order valence-corrected chi connectivity index (χ3v) is 3.40. The molecule has 2 aromatic rings. The topological polar surface area (TPSA) is 44.1 Å². The summed E-state index contributed by atoms with van der Waals surface area (Å²) in [6.07, 6.45) is 5.06. The molecule has 0 amide bonds. The van der Waals surface area contributed by atoms with Crippen molar-refractivity contribution in [1.29, 1.82) is 0 Å². The molecule has 4 nitrogen and oxygen atoms in total. The normalized spacial score (nSPS) is 10.9. The largest absolute Gasteiger partial charge is 0.497 e. The van der Waals surface area contributed by atoms with E-state index in [-0.39, 0.29) is 10.0 Å². The lowest BCUT2D eigenvalue weighted by atomic mass is 10.2. The number of halogens is 2. The summed E-state index contributed by atoms with van der Waals surface area (Å²) in [5, 5.41) is 4.06. The zero-order valence-corrected chi connectivity index (χ0v) is 12.2. The molecule has 0 aliphatic heterocycles. The summed E-state index contributed by atoms with van der Waals surface area (Å²) in [5.74, 6) is 0.796. The van der Waals surface area contributed by atoms with E-state index in [1.165, 1.54) is 10.9 Å². The summed E-state index contributed by atoms with van der Waals surface area (Å²) >= 11 is 11.5. The molecule has 0 radical (unpaired) electrons. The fourth-order valence-corrected chi connectivity index (χ4v) is 1.85. The van der Waals surface area contributed by atoms with Crippen molar-refractivity contribution in [2.24, 2.45) is 0 Å². The standard InChI is InChI=1S/C14H12Cl2N2O2/c1-20-11-6-4-10(5-7-11)3-2-8-18-14(19)13(16)12(15)9-17-18/h2-7,9H,8H2,1H3. The number of hydrogen-bond donors (Lipinski definition) is 0. The van der Waals surface area contributed by atoms with Crippen LogP contribution in [0.4, 0.5) is 0 Å². The Labute approximate surface area is 126 Å². The lowest BCUT2D eigenvalue weighted by molar-refractivity contribution is 0.415. The van der Waals surface area contributed by atoms with Crippen molar-refractivity contribution < 1.29 is 4.74 Å². The highest BCUT2D eigenvalue weighted by atomic mass is 35.5. The van der Waals surface area contributed by atoms with Gasteiger partial charge in [0.25, 0.3) is 5.56 Å². The van der Waals surface area contributed by atoms with Crippen LogP contribution in [0.25, 0.3) is 6.08 Å². The second kappa shape index (κ2) is 6.59. The van der Waals surface area contributed by atoms with Gasteiger partial charge in [-0.25, -0.2) is 4.68 Å². The lowest BCUT2D eigenvalue weighted by Crippen LogP contribution is -2.22. The van der Waals surface area contributed by atoms with Crippen LogP contribution in [-0.4, -0.2) is 16.9 Å². The number of benzene rings is 1. The predicted molar refractivity (Wildman–Crippen MR) is 80.5 cm³/mol. The molecule has 0 saturated carbocycles. The van der Waals surface area contributed by atoms with Crippen LogP contribution in [0.15, 0.2) is 41.3 Å². The molecular formula is C14H12Cl2N2O2. The fourth-order valence-electron chi connectivity index (χ4n) is 1.58. The van der Waals surface area contributed by atoms with E-state index >= 15 is 0 Å². The van der Waals surface area contributed by atoms with Crippen molar-refractivity contribution in [2.75, 3.05) is 7.11 Å². The van der Waals surface area contributed by atoms with Gasteiger partial charge < -0.3 is 4.74 Å². The number of methoxy groups -OCH3 is 1. The van der Waals surface area contributed by atoms with E-state index in [4.69, 9.17) is 27.9 Å². The predicted octanol–water partition coefficient (Wildman–Crippen LogP) is 3.27. The Bertz CT molecular complexity index is 679. The van der Waals surface area contributed by atoms with Crippen molar-refractivity contribution in [3.8, 4) is 5.75 Å². The third kappa shape index (κ3) is 3.40. The van der Waals surface area contributed by atoms with Gasteiger partial charge in [0.15, 0.2) is 0 Å². The van der Waals surface area contributed by atoms with Crippen LogP contribution in [0.5, 0.6) is 5.75 Å². The van der Waals surface area contributed by atoms with Gasteiger partial charge in [-0.2, -0.15) is 5.10 Å². The van der Waals surface area contributed by atoms with E-state index < -0.39 is 5.56 Å². The van der Waals surface area contributed by atoms with E-state index in [1.807, 2.05) is 36.4 Å². The molecule has 0 fully saturated rings. The van der Waals surface area contributed by atoms with Gasteiger partial charge in [-0.1, -0.05) is 47.5 Å². The van der Waals surface area contributed by atoms with Crippen LogP contribution >= 0.6 is 23.2 Å². The molecular weight excluding hydrogens is 299 g/mol. The SMILES string of the molecule is COc1ccc(C=CCn2ncc(Cl)c(Cl)c2=O)cc1. The highest BCUT2D eigenvalue weighted by Crippen LogP contribution is 2.15. The Morgan fingerprint density at radius 3 is 2.65 bits per heavy atom. The molecule has 0 bridgehead atoms. The number of rotatable bonds is 4. The summed E-state index contributed by atoms with van der Waals surface area (Å²) in [4.78, 5) is 11.7. The number of ether oxygens (including phenoxy) is 1. The Hall–Kier alpha value is -1.78. The Morgan fingerprint density at radius 2 is 2.00 bits per heavy atom. The van der Waals surface area contributed by atoms with Gasteiger partial charge in [0, 0.05) is 0 Å². The quantitative estimate of drug-likeness (QED) is 0.870. The molecule has 0 unspecified atom stereocenters. The molecule has 1 aromatic carbocycles. The lowest BCUT2D eigenvalue weighted by Gasteiger charge is -2.02. The zero-order chi connectivity index (χ0) is 14.5. The fraction of sp³-hybridized carbons (Fsp3) is 0.143. The van der Waals surface area contributed by atoms with Gasteiger partial charge in [0.05, 0.1) is 24.9 Å². The van der Waals surface area contributed by atoms with Crippen LogP contribution in [0, 0.1) is 0 Å². The summed E-state index contributed by atoms with van der Waals surface area (Å²) in [7, 11) is 1.62. The first kappa shape index (κ1) is 14.6. The van der Waals surface area contributed by atoms with E-state index in [2.05, 4.69) is 5.10 Å². The molecule has 2 rings (SSSR count). The summed E-state index contributed by atoms with van der Waals surface area (Å²) in [6, 6.07) is 7.56. The average Bonchev–Trinajstić information content (AvgIpc) is 2.48. The second-order valence-electron chi connectivity index (χ2n) is 3.97. The first-order valence-corrected chi connectivity index (χ1v) is 6.59. The van der Waals surface area contributed by atoms with Gasteiger partial charge in [-0.3, -0.25) is 4.79 Å². The maximum Gasteiger partial charge on any atom is 0.287 e. The monoisotopic (exact) mass is 310 g/mol. The maximum atomic E-state index is 11.7. The number of hydrogen-bond acceptors (Lipinski definition) is 3. The van der Waals surface area contributed by atoms with Crippen LogP contribution in [0.3, 0.4) is 0 Å². The number of allylic oxidation sites excluding steroid dienone is 1. The summed E-state index contributed by atoms with van der Waals surface area (Å²) in [6.45, 7) is 0.321. The Morgan fingerprint density at radius 1 is 1.30 bits per heavy atom. The summed E-state index contributed by atoms with van der Waals surface area (Å²) < 4.78 is 6.32. The van der Waals surface area contributed by atoms with Gasteiger partial charge >= 0.3 is 0 Å². The van der Waals surface area contributed by atoms with Gasteiger partial charge in [-0.15, -0.1) is 0 Å². The minimum atomic E-state index is -0.404. The second-order valence-corrected chi connectivity index (χ2v) is 4.75. The van der Waals surface area contributed by atoms with E-state index in [0.29, 0.717) is 6.54 Å². The van der Waals surface area contributed by atoms with Crippen LogP contribution in [0.2, 0.25) is 10.0 Å². The Kier molecular flexibility index (Phi) is 4.82. The molecule has 6 heteroatoms. The van der Waals surface area contributed by atoms with Crippen molar-refractivity contribution in [1.82, 2.24) is 9.78 Å². The molecule has 104 valence electrons. The van der Waals surface area contributed by atoms with E-state index in [9.17, 15) is 4.79 Å². The van der Waals surface area contributed by atoms with Gasteiger partial charge in [-0.05, 0) is 17.7 Å². The molecule has 0 aliphatic rings. The molecule has 0 saturated heterocycles. The first-order chi connectivity index (χ1) is 9.61. The van der Waals surface area contributed by atoms with Gasteiger partial charge in [0.2, 0.25) is 0 Å².